The molecule has 2 aliphatic carbocycles. The van der Waals surface area contributed by atoms with Crippen molar-refractivity contribution in [2.45, 2.75) is 50.9 Å². The van der Waals surface area contributed by atoms with E-state index < -0.39 is 0 Å². The number of carbonyl (C=O) groups excluding carboxylic acids is 1. The zero-order valence-electron chi connectivity index (χ0n) is 14.9. The third-order valence-electron chi connectivity index (χ3n) is 5.43. The number of hydrogen-bond acceptors (Lipinski definition) is 4. The first-order valence-electron chi connectivity index (χ1n) is 9.53. The lowest BCUT2D eigenvalue weighted by molar-refractivity contribution is -0.106. The van der Waals surface area contributed by atoms with Crippen molar-refractivity contribution in [3.63, 3.8) is 0 Å². The SMILES string of the molecule is CCOc1cccc(C(=O)N2CCO[C@@H]3[C@@H](OCC4CC4)CC[C@@H]32)c1. The van der Waals surface area contributed by atoms with Crippen molar-refractivity contribution in [2.24, 2.45) is 5.92 Å². The standard InChI is InChI=1S/C20H27NO4/c1-2-23-16-5-3-4-15(12-16)20(22)21-10-11-24-19-17(21)8-9-18(19)25-13-14-6-7-14/h3-5,12,14,17-19H,2,6-11,13H2,1H3/t17-,18-,19-/m0/s1. The number of benzene rings is 1. The minimum atomic E-state index is 0.0199. The molecule has 3 fully saturated rings. The summed E-state index contributed by atoms with van der Waals surface area (Å²) in [5.74, 6) is 1.57. The highest BCUT2D eigenvalue weighted by Gasteiger charge is 2.45. The maximum Gasteiger partial charge on any atom is 0.254 e. The number of amides is 1. The molecule has 3 atom stereocenters. The van der Waals surface area contributed by atoms with Gasteiger partial charge in [-0.1, -0.05) is 6.07 Å². The summed E-state index contributed by atoms with van der Waals surface area (Å²) < 4.78 is 17.6. The van der Waals surface area contributed by atoms with E-state index in [9.17, 15) is 4.79 Å². The lowest BCUT2D eigenvalue weighted by Gasteiger charge is -2.39. The Labute approximate surface area is 149 Å². The van der Waals surface area contributed by atoms with Crippen LogP contribution < -0.4 is 4.74 Å². The molecule has 5 heteroatoms. The van der Waals surface area contributed by atoms with E-state index in [1.165, 1.54) is 12.8 Å². The first-order chi connectivity index (χ1) is 12.3. The van der Waals surface area contributed by atoms with Gasteiger partial charge in [0.2, 0.25) is 0 Å². The van der Waals surface area contributed by atoms with Crippen LogP contribution in [0.1, 0.15) is 43.0 Å². The molecular weight excluding hydrogens is 318 g/mol. The Morgan fingerprint density at radius 1 is 1.28 bits per heavy atom. The van der Waals surface area contributed by atoms with E-state index in [-0.39, 0.29) is 24.2 Å². The van der Waals surface area contributed by atoms with Crippen molar-refractivity contribution >= 4 is 5.91 Å². The van der Waals surface area contributed by atoms with Gasteiger partial charge in [-0.2, -0.15) is 0 Å². The highest BCUT2D eigenvalue weighted by atomic mass is 16.5. The molecule has 1 aromatic rings. The average Bonchev–Trinajstić information content (AvgIpc) is 3.38. The van der Waals surface area contributed by atoms with Crippen LogP contribution in [0.3, 0.4) is 0 Å². The van der Waals surface area contributed by atoms with E-state index in [1.807, 2.05) is 36.1 Å². The van der Waals surface area contributed by atoms with Crippen LogP contribution in [0, 0.1) is 5.92 Å². The van der Waals surface area contributed by atoms with Crippen LogP contribution in [0.4, 0.5) is 0 Å². The summed E-state index contributed by atoms with van der Waals surface area (Å²) in [4.78, 5) is 15.0. The fourth-order valence-corrected chi connectivity index (χ4v) is 3.94. The van der Waals surface area contributed by atoms with Crippen molar-refractivity contribution < 1.29 is 19.0 Å². The van der Waals surface area contributed by atoms with E-state index in [2.05, 4.69) is 0 Å². The quantitative estimate of drug-likeness (QED) is 0.795. The summed E-state index contributed by atoms with van der Waals surface area (Å²) in [6, 6.07) is 7.60. The molecule has 0 radical (unpaired) electrons. The third kappa shape index (κ3) is 3.67. The van der Waals surface area contributed by atoms with Crippen molar-refractivity contribution in [2.75, 3.05) is 26.4 Å². The lowest BCUT2D eigenvalue weighted by atomic mass is 10.1. The molecule has 0 N–H and O–H groups in total. The molecule has 0 spiro atoms. The zero-order chi connectivity index (χ0) is 17.2. The molecule has 1 aliphatic heterocycles. The normalized spacial score (nSPS) is 28.7. The second kappa shape index (κ2) is 7.34. The molecule has 1 heterocycles. The van der Waals surface area contributed by atoms with E-state index in [0.717, 1.165) is 31.1 Å². The smallest absolute Gasteiger partial charge is 0.254 e. The second-order valence-corrected chi connectivity index (χ2v) is 7.25. The first kappa shape index (κ1) is 16.9. The van der Waals surface area contributed by atoms with Crippen molar-refractivity contribution in [3.8, 4) is 5.75 Å². The van der Waals surface area contributed by atoms with Crippen LogP contribution in [-0.4, -0.2) is 55.4 Å². The number of ether oxygens (including phenoxy) is 3. The molecule has 2 saturated carbocycles. The van der Waals surface area contributed by atoms with Gasteiger partial charge in [0.1, 0.15) is 11.9 Å². The van der Waals surface area contributed by atoms with Crippen LogP contribution in [0.25, 0.3) is 0 Å². The van der Waals surface area contributed by atoms with Crippen molar-refractivity contribution in [1.82, 2.24) is 4.90 Å². The summed E-state index contributed by atoms with van der Waals surface area (Å²) in [7, 11) is 0. The molecule has 4 rings (SSSR count). The molecule has 5 nitrogen and oxygen atoms in total. The topological polar surface area (TPSA) is 48.0 Å². The van der Waals surface area contributed by atoms with Gasteiger partial charge in [0.15, 0.2) is 0 Å². The fourth-order valence-electron chi connectivity index (χ4n) is 3.94. The van der Waals surface area contributed by atoms with Gasteiger partial charge in [-0.05, 0) is 56.7 Å². The third-order valence-corrected chi connectivity index (χ3v) is 5.43. The van der Waals surface area contributed by atoms with Gasteiger partial charge in [0.05, 0.1) is 25.4 Å². The minimum Gasteiger partial charge on any atom is -0.494 e. The van der Waals surface area contributed by atoms with Crippen molar-refractivity contribution in [3.05, 3.63) is 29.8 Å². The Hall–Kier alpha value is -1.59. The summed E-state index contributed by atoms with van der Waals surface area (Å²) >= 11 is 0. The Balaban J connectivity index is 1.44. The highest BCUT2D eigenvalue weighted by molar-refractivity contribution is 5.95. The zero-order valence-corrected chi connectivity index (χ0v) is 14.9. The molecular formula is C20H27NO4. The van der Waals surface area contributed by atoms with E-state index in [1.54, 1.807) is 0 Å². The first-order valence-corrected chi connectivity index (χ1v) is 9.53. The van der Waals surface area contributed by atoms with Crippen LogP contribution >= 0.6 is 0 Å². The summed E-state index contributed by atoms with van der Waals surface area (Å²) in [5.41, 5.74) is 0.689. The Kier molecular flexibility index (Phi) is 4.95. The maximum absolute atomic E-state index is 13.1. The monoisotopic (exact) mass is 345 g/mol. The predicted octanol–water partition coefficient (Wildman–Crippen LogP) is 2.88. The van der Waals surface area contributed by atoms with Gasteiger partial charge < -0.3 is 19.1 Å². The number of hydrogen-bond donors (Lipinski definition) is 0. The molecule has 1 aromatic carbocycles. The Morgan fingerprint density at radius 3 is 2.96 bits per heavy atom. The van der Waals surface area contributed by atoms with Crippen LogP contribution in [0.15, 0.2) is 24.3 Å². The van der Waals surface area contributed by atoms with Gasteiger partial charge in [-0.25, -0.2) is 0 Å². The molecule has 1 amide bonds. The van der Waals surface area contributed by atoms with Gasteiger partial charge in [-0.3, -0.25) is 4.79 Å². The Morgan fingerprint density at radius 2 is 2.16 bits per heavy atom. The van der Waals surface area contributed by atoms with E-state index in [4.69, 9.17) is 14.2 Å². The second-order valence-electron chi connectivity index (χ2n) is 7.25. The number of rotatable bonds is 6. The average molecular weight is 345 g/mol. The molecule has 25 heavy (non-hydrogen) atoms. The number of fused-ring (bicyclic) bond motifs is 1. The summed E-state index contributed by atoms with van der Waals surface area (Å²) in [6.45, 7) is 4.62. The van der Waals surface area contributed by atoms with Crippen LogP contribution in [0.2, 0.25) is 0 Å². The molecule has 0 unspecified atom stereocenters. The van der Waals surface area contributed by atoms with Gasteiger partial charge in [0.25, 0.3) is 5.91 Å². The molecule has 0 aromatic heterocycles. The maximum atomic E-state index is 13.1. The predicted molar refractivity (Wildman–Crippen MR) is 93.9 cm³/mol. The Bertz CT molecular complexity index is 615. The molecule has 3 aliphatic rings. The van der Waals surface area contributed by atoms with Crippen molar-refractivity contribution in [1.29, 1.82) is 0 Å². The minimum absolute atomic E-state index is 0.0199. The van der Waals surface area contributed by atoms with E-state index in [0.29, 0.717) is 25.3 Å². The van der Waals surface area contributed by atoms with Crippen LogP contribution in [-0.2, 0) is 9.47 Å². The summed E-state index contributed by atoms with van der Waals surface area (Å²) in [6.07, 6.45) is 4.68. The summed E-state index contributed by atoms with van der Waals surface area (Å²) in [5, 5.41) is 0. The molecule has 1 saturated heterocycles. The largest absolute Gasteiger partial charge is 0.494 e. The highest BCUT2D eigenvalue weighted by Crippen LogP contribution is 2.35. The molecule has 0 bridgehead atoms. The molecule has 136 valence electrons. The van der Waals surface area contributed by atoms with Gasteiger partial charge in [-0.15, -0.1) is 0 Å². The lowest BCUT2D eigenvalue weighted by Crippen LogP contribution is -2.53. The number of carbonyl (C=O) groups is 1. The van der Waals surface area contributed by atoms with Gasteiger partial charge >= 0.3 is 0 Å². The number of morpholine rings is 1. The van der Waals surface area contributed by atoms with Crippen LogP contribution in [0.5, 0.6) is 5.75 Å². The number of nitrogens with zero attached hydrogens (tertiary/aromatic N) is 1. The van der Waals surface area contributed by atoms with Gasteiger partial charge in [0, 0.05) is 18.7 Å². The van der Waals surface area contributed by atoms with E-state index >= 15 is 0 Å². The fraction of sp³-hybridized carbons (Fsp3) is 0.650.